The molecule has 1 aliphatic rings. The molecule has 6 heteroatoms. The maximum Gasteiger partial charge on any atom is 0.522 e. The van der Waals surface area contributed by atoms with Gasteiger partial charge in [0.2, 0.25) is 0 Å². The van der Waals surface area contributed by atoms with Gasteiger partial charge in [-0.25, -0.2) is 0 Å². The Labute approximate surface area is 123 Å². The van der Waals surface area contributed by atoms with Crippen LogP contribution in [-0.2, 0) is 4.74 Å². The highest BCUT2D eigenvalue weighted by Crippen LogP contribution is 2.33. The molecule has 0 saturated heterocycles. The maximum atomic E-state index is 12.1. The van der Waals surface area contributed by atoms with Gasteiger partial charge in [-0.2, -0.15) is 0 Å². The fourth-order valence-electron chi connectivity index (χ4n) is 2.67. The van der Waals surface area contributed by atoms with Crippen LogP contribution >= 0.6 is 0 Å². The van der Waals surface area contributed by atoms with Crippen molar-refractivity contribution in [3.63, 3.8) is 0 Å². The largest absolute Gasteiger partial charge is 0.522 e. The molecule has 118 valence electrons. The number of anilines is 1. The summed E-state index contributed by atoms with van der Waals surface area (Å²) in [4.78, 5) is 1.96. The van der Waals surface area contributed by atoms with Gasteiger partial charge in [0.05, 0.1) is 6.61 Å². The summed E-state index contributed by atoms with van der Waals surface area (Å²) < 4.78 is 40.1. The zero-order valence-electron chi connectivity index (χ0n) is 12.1. The molecule has 0 radical (unpaired) electrons. The smallest absolute Gasteiger partial charge is 0.369 e. The molecule has 1 unspecified atom stereocenters. The van der Waals surface area contributed by atoms with Crippen molar-refractivity contribution in [1.82, 2.24) is 5.32 Å². The second-order valence-electron chi connectivity index (χ2n) is 5.14. The Morgan fingerprint density at radius 1 is 1.33 bits per heavy atom. The van der Waals surface area contributed by atoms with Gasteiger partial charge in [-0.3, -0.25) is 4.74 Å². The molecule has 1 atom stereocenters. The molecule has 1 N–H and O–H groups in total. The van der Waals surface area contributed by atoms with E-state index in [1.807, 2.05) is 29.2 Å². The molecular weight excluding hydrogens is 281 g/mol. The van der Waals surface area contributed by atoms with E-state index in [0.29, 0.717) is 0 Å². The molecule has 0 spiro atoms. The lowest BCUT2D eigenvalue weighted by Gasteiger charge is -2.36. The molecule has 21 heavy (non-hydrogen) atoms. The summed E-state index contributed by atoms with van der Waals surface area (Å²) in [5.74, 6) is 0. The predicted octanol–water partition coefficient (Wildman–Crippen LogP) is 3.47. The van der Waals surface area contributed by atoms with Gasteiger partial charge in [0, 0.05) is 24.8 Å². The van der Waals surface area contributed by atoms with E-state index >= 15 is 0 Å². The Bertz CT molecular complexity index is 451. The Morgan fingerprint density at radius 2 is 2.10 bits per heavy atom. The van der Waals surface area contributed by atoms with Crippen LogP contribution in [0.5, 0.6) is 0 Å². The minimum Gasteiger partial charge on any atom is -0.369 e. The summed E-state index contributed by atoms with van der Waals surface area (Å²) in [7, 11) is 0. The zero-order chi connectivity index (χ0) is 15.3. The number of benzene rings is 1. The van der Waals surface area contributed by atoms with Crippen molar-refractivity contribution in [3.05, 3.63) is 29.8 Å². The standard InChI is InChI=1S/C15H21F3N2O/c1-2-8-19-13-7-9-20(10-11-21-15(16,17)18)14-6-4-3-5-12(13)14/h3-6,13,19H,2,7-11H2,1H3. The molecule has 2 rings (SSSR count). The van der Waals surface area contributed by atoms with Gasteiger partial charge in [-0.1, -0.05) is 25.1 Å². The number of alkyl halides is 3. The van der Waals surface area contributed by atoms with E-state index in [4.69, 9.17) is 0 Å². The van der Waals surface area contributed by atoms with Crippen LogP contribution in [0.25, 0.3) is 0 Å². The van der Waals surface area contributed by atoms with Crippen LogP contribution in [0.2, 0.25) is 0 Å². The summed E-state index contributed by atoms with van der Waals surface area (Å²) in [5, 5.41) is 3.49. The van der Waals surface area contributed by atoms with Crippen molar-refractivity contribution < 1.29 is 17.9 Å². The van der Waals surface area contributed by atoms with Gasteiger partial charge in [0.15, 0.2) is 0 Å². The van der Waals surface area contributed by atoms with Crippen molar-refractivity contribution in [3.8, 4) is 0 Å². The summed E-state index contributed by atoms with van der Waals surface area (Å²) in [6, 6.07) is 8.16. The number of rotatable bonds is 6. The molecule has 1 aromatic rings. The van der Waals surface area contributed by atoms with E-state index in [2.05, 4.69) is 17.0 Å². The predicted molar refractivity (Wildman–Crippen MR) is 76.3 cm³/mol. The molecule has 0 amide bonds. The number of hydrogen-bond acceptors (Lipinski definition) is 3. The fourth-order valence-corrected chi connectivity index (χ4v) is 2.67. The van der Waals surface area contributed by atoms with Crippen molar-refractivity contribution >= 4 is 5.69 Å². The lowest BCUT2D eigenvalue weighted by Crippen LogP contribution is -2.38. The number of ether oxygens (including phenoxy) is 1. The number of halogens is 3. The molecule has 1 aromatic carbocycles. The summed E-state index contributed by atoms with van der Waals surface area (Å²) >= 11 is 0. The molecule has 1 aliphatic heterocycles. The molecule has 3 nitrogen and oxygen atoms in total. The average molecular weight is 302 g/mol. The van der Waals surface area contributed by atoms with Gasteiger partial charge in [-0.15, -0.1) is 13.2 Å². The Hall–Kier alpha value is -1.27. The Balaban J connectivity index is 2.01. The van der Waals surface area contributed by atoms with Gasteiger partial charge in [0.25, 0.3) is 0 Å². The highest BCUT2D eigenvalue weighted by atomic mass is 19.4. The van der Waals surface area contributed by atoms with Crippen LogP contribution in [0.3, 0.4) is 0 Å². The van der Waals surface area contributed by atoms with Gasteiger partial charge >= 0.3 is 6.36 Å². The highest BCUT2D eigenvalue weighted by molar-refractivity contribution is 5.57. The lowest BCUT2D eigenvalue weighted by molar-refractivity contribution is -0.323. The van der Waals surface area contributed by atoms with Crippen LogP contribution in [-0.4, -0.2) is 32.6 Å². The van der Waals surface area contributed by atoms with E-state index in [-0.39, 0.29) is 19.2 Å². The summed E-state index contributed by atoms with van der Waals surface area (Å²) in [6.07, 6.45) is -2.61. The third kappa shape index (κ3) is 4.61. The van der Waals surface area contributed by atoms with Crippen molar-refractivity contribution in [2.75, 3.05) is 31.1 Å². The quantitative estimate of drug-likeness (QED) is 0.871. The monoisotopic (exact) mass is 302 g/mol. The molecule has 0 aliphatic carbocycles. The van der Waals surface area contributed by atoms with Crippen molar-refractivity contribution in [2.24, 2.45) is 0 Å². The first-order valence-electron chi connectivity index (χ1n) is 7.29. The number of para-hydroxylation sites is 1. The number of fused-ring (bicyclic) bond motifs is 1. The van der Waals surface area contributed by atoms with E-state index in [0.717, 1.165) is 37.2 Å². The molecule has 0 saturated carbocycles. The van der Waals surface area contributed by atoms with Crippen LogP contribution < -0.4 is 10.2 Å². The number of hydrogen-bond donors (Lipinski definition) is 1. The van der Waals surface area contributed by atoms with E-state index in [1.165, 1.54) is 0 Å². The van der Waals surface area contributed by atoms with Crippen molar-refractivity contribution in [2.45, 2.75) is 32.2 Å². The van der Waals surface area contributed by atoms with Gasteiger partial charge in [0.1, 0.15) is 0 Å². The number of nitrogens with one attached hydrogen (secondary N) is 1. The molecular formula is C15H21F3N2O. The van der Waals surface area contributed by atoms with Crippen LogP contribution in [0.4, 0.5) is 18.9 Å². The third-order valence-electron chi connectivity index (χ3n) is 3.61. The van der Waals surface area contributed by atoms with E-state index < -0.39 is 6.36 Å². The number of nitrogens with zero attached hydrogens (tertiary/aromatic N) is 1. The van der Waals surface area contributed by atoms with Crippen LogP contribution in [0, 0.1) is 0 Å². The SMILES string of the molecule is CCCNC1CCN(CCOC(F)(F)F)c2ccccc21. The fraction of sp³-hybridized carbons (Fsp3) is 0.600. The average Bonchev–Trinajstić information content (AvgIpc) is 2.45. The Morgan fingerprint density at radius 3 is 2.81 bits per heavy atom. The summed E-state index contributed by atoms with van der Waals surface area (Å²) in [6.45, 7) is 3.69. The first-order valence-corrected chi connectivity index (χ1v) is 7.29. The molecule has 0 bridgehead atoms. The second-order valence-corrected chi connectivity index (χ2v) is 5.14. The first kappa shape index (κ1) is 16.1. The molecule has 0 fully saturated rings. The minimum atomic E-state index is -4.56. The van der Waals surface area contributed by atoms with Crippen LogP contribution in [0.1, 0.15) is 31.4 Å². The van der Waals surface area contributed by atoms with Crippen LogP contribution in [0.15, 0.2) is 24.3 Å². The Kier molecular flexibility index (Phi) is 5.47. The second kappa shape index (κ2) is 7.13. The van der Waals surface area contributed by atoms with Crippen molar-refractivity contribution in [1.29, 1.82) is 0 Å². The van der Waals surface area contributed by atoms with Gasteiger partial charge < -0.3 is 10.2 Å². The topological polar surface area (TPSA) is 24.5 Å². The lowest BCUT2D eigenvalue weighted by atomic mass is 9.96. The van der Waals surface area contributed by atoms with Gasteiger partial charge in [-0.05, 0) is 31.0 Å². The van der Waals surface area contributed by atoms with E-state index in [9.17, 15) is 13.2 Å². The third-order valence-corrected chi connectivity index (χ3v) is 3.61. The molecule has 0 aromatic heterocycles. The molecule has 1 heterocycles. The first-order chi connectivity index (χ1) is 10.0. The zero-order valence-corrected chi connectivity index (χ0v) is 12.1. The minimum absolute atomic E-state index is 0.247. The highest BCUT2D eigenvalue weighted by Gasteiger charge is 2.30. The van der Waals surface area contributed by atoms with E-state index in [1.54, 1.807) is 0 Å². The maximum absolute atomic E-state index is 12.1. The normalized spacial score (nSPS) is 18.7. The summed E-state index contributed by atoms with van der Waals surface area (Å²) in [5.41, 5.74) is 2.16.